The Morgan fingerprint density at radius 3 is 2.33 bits per heavy atom. The number of hydrogen-bond acceptors (Lipinski definition) is 8. The molecule has 0 aliphatic carbocycles. The predicted molar refractivity (Wildman–Crippen MR) is 132 cm³/mol. The van der Waals surface area contributed by atoms with E-state index in [2.05, 4.69) is 0 Å². The molecule has 8 nitrogen and oxygen atoms in total. The number of benzene rings is 3. The molecule has 3 aromatic carbocycles. The van der Waals surface area contributed by atoms with Crippen LogP contribution in [-0.2, 0) is 4.74 Å². The third-order valence-corrected chi connectivity index (χ3v) is 5.25. The lowest BCUT2D eigenvalue weighted by Gasteiger charge is -2.10. The van der Waals surface area contributed by atoms with Gasteiger partial charge in [-0.3, -0.25) is 4.79 Å². The fourth-order valence-corrected chi connectivity index (χ4v) is 3.42. The van der Waals surface area contributed by atoms with Crippen LogP contribution in [0.25, 0.3) is 11.0 Å². The summed E-state index contributed by atoms with van der Waals surface area (Å²) in [6.07, 6.45) is 0.732. The van der Waals surface area contributed by atoms with Crippen LogP contribution in [0.4, 0.5) is 0 Å². The van der Waals surface area contributed by atoms with Gasteiger partial charge >= 0.3 is 11.9 Å². The first-order valence-corrected chi connectivity index (χ1v) is 11.3. The van der Waals surface area contributed by atoms with Crippen molar-refractivity contribution in [3.63, 3.8) is 0 Å². The second kappa shape index (κ2) is 10.8. The Kier molecular flexibility index (Phi) is 7.34. The third-order valence-electron chi connectivity index (χ3n) is 5.25. The van der Waals surface area contributed by atoms with Crippen molar-refractivity contribution in [2.24, 2.45) is 0 Å². The summed E-state index contributed by atoms with van der Waals surface area (Å²) in [6, 6.07) is 17.4. The van der Waals surface area contributed by atoms with Crippen molar-refractivity contribution >= 4 is 22.9 Å². The normalized spacial score (nSPS) is 10.6. The minimum Gasteiger partial charge on any atom is -0.497 e. The quantitative estimate of drug-likeness (QED) is 0.230. The van der Waals surface area contributed by atoms with Crippen molar-refractivity contribution in [1.82, 2.24) is 0 Å². The number of hydrogen-bond donors (Lipinski definition) is 0. The highest BCUT2D eigenvalue weighted by Gasteiger charge is 2.17. The average molecular weight is 488 g/mol. The second-order valence-corrected chi connectivity index (χ2v) is 7.86. The molecule has 0 saturated carbocycles. The van der Waals surface area contributed by atoms with E-state index in [1.165, 1.54) is 25.3 Å². The van der Waals surface area contributed by atoms with Crippen molar-refractivity contribution in [2.75, 3.05) is 13.7 Å². The molecule has 1 heterocycles. The van der Waals surface area contributed by atoms with Crippen LogP contribution in [-0.4, -0.2) is 25.7 Å². The van der Waals surface area contributed by atoms with Gasteiger partial charge in [0.1, 0.15) is 28.6 Å². The number of carbonyl (C=O) groups is 2. The highest BCUT2D eigenvalue weighted by Crippen LogP contribution is 2.28. The van der Waals surface area contributed by atoms with E-state index >= 15 is 0 Å². The van der Waals surface area contributed by atoms with E-state index in [1.807, 2.05) is 6.92 Å². The molecule has 0 N–H and O–H groups in total. The number of rotatable bonds is 8. The van der Waals surface area contributed by atoms with Crippen molar-refractivity contribution in [1.29, 1.82) is 0 Å². The fourth-order valence-electron chi connectivity index (χ4n) is 3.42. The minimum atomic E-state index is -0.575. The molecule has 4 aromatic rings. The van der Waals surface area contributed by atoms with Crippen LogP contribution in [0.5, 0.6) is 23.0 Å². The Morgan fingerprint density at radius 1 is 0.861 bits per heavy atom. The van der Waals surface area contributed by atoms with Crippen molar-refractivity contribution in [2.45, 2.75) is 20.3 Å². The second-order valence-electron chi connectivity index (χ2n) is 7.86. The van der Waals surface area contributed by atoms with Gasteiger partial charge in [0.25, 0.3) is 0 Å². The van der Waals surface area contributed by atoms with Gasteiger partial charge in [0.15, 0.2) is 0 Å². The molecular weight excluding hydrogens is 464 g/mol. The van der Waals surface area contributed by atoms with Gasteiger partial charge in [-0.25, -0.2) is 9.59 Å². The average Bonchev–Trinajstić information content (AvgIpc) is 2.89. The van der Waals surface area contributed by atoms with E-state index in [0.29, 0.717) is 29.2 Å². The zero-order chi connectivity index (χ0) is 25.7. The fraction of sp³-hybridized carbons (Fsp3) is 0.179. The molecule has 0 saturated heterocycles. The Morgan fingerprint density at radius 2 is 1.61 bits per heavy atom. The number of methoxy groups -OCH3 is 1. The molecule has 0 bridgehead atoms. The maximum atomic E-state index is 13.1. The maximum Gasteiger partial charge on any atom is 0.343 e. The van der Waals surface area contributed by atoms with Crippen molar-refractivity contribution < 1.29 is 33.0 Å². The van der Waals surface area contributed by atoms with Crippen molar-refractivity contribution in [3.8, 4) is 23.0 Å². The molecule has 0 radical (unpaired) electrons. The summed E-state index contributed by atoms with van der Waals surface area (Å²) in [4.78, 5) is 37.6. The molecule has 184 valence electrons. The molecule has 8 heteroatoms. The van der Waals surface area contributed by atoms with Gasteiger partial charge in [0, 0.05) is 6.07 Å². The molecule has 0 atom stereocenters. The highest BCUT2D eigenvalue weighted by atomic mass is 16.5. The van der Waals surface area contributed by atoms with Crippen LogP contribution in [0.1, 0.15) is 39.8 Å². The van der Waals surface area contributed by atoms with Gasteiger partial charge in [-0.15, -0.1) is 0 Å². The van der Waals surface area contributed by atoms with Gasteiger partial charge < -0.3 is 23.4 Å². The van der Waals surface area contributed by atoms with Crippen LogP contribution in [0, 0.1) is 6.92 Å². The van der Waals surface area contributed by atoms with Gasteiger partial charge in [0.2, 0.25) is 11.2 Å². The lowest BCUT2D eigenvalue weighted by atomic mass is 10.2. The number of esters is 2. The van der Waals surface area contributed by atoms with E-state index in [-0.39, 0.29) is 33.7 Å². The van der Waals surface area contributed by atoms with E-state index in [4.69, 9.17) is 23.4 Å². The SMILES string of the molecule is CCCOC(=O)c1ccc(Oc2c(C)oc3cc(OC(=O)c4cccc(OC)c4)ccc3c2=O)cc1. The van der Waals surface area contributed by atoms with E-state index in [1.54, 1.807) is 55.5 Å². The first-order valence-electron chi connectivity index (χ1n) is 11.3. The smallest absolute Gasteiger partial charge is 0.343 e. The van der Waals surface area contributed by atoms with Gasteiger partial charge in [-0.1, -0.05) is 13.0 Å². The molecule has 0 amide bonds. The van der Waals surface area contributed by atoms with Crippen LogP contribution in [0.3, 0.4) is 0 Å². The summed E-state index contributed by atoms with van der Waals surface area (Å²) in [5.74, 6) is 0.378. The largest absolute Gasteiger partial charge is 0.497 e. The summed E-state index contributed by atoms with van der Waals surface area (Å²) in [6.45, 7) is 3.86. The molecule has 0 fully saturated rings. The summed E-state index contributed by atoms with van der Waals surface area (Å²) in [5.41, 5.74) is 0.565. The van der Waals surface area contributed by atoms with Crippen molar-refractivity contribution in [3.05, 3.63) is 93.8 Å². The molecule has 0 spiro atoms. The monoisotopic (exact) mass is 488 g/mol. The maximum absolute atomic E-state index is 13.1. The lowest BCUT2D eigenvalue weighted by molar-refractivity contribution is 0.0504. The van der Waals surface area contributed by atoms with E-state index in [9.17, 15) is 14.4 Å². The molecule has 0 unspecified atom stereocenters. The first-order chi connectivity index (χ1) is 17.4. The topological polar surface area (TPSA) is 101 Å². The number of fused-ring (bicyclic) bond motifs is 1. The highest BCUT2D eigenvalue weighted by molar-refractivity contribution is 5.92. The summed E-state index contributed by atoms with van der Waals surface area (Å²) in [7, 11) is 1.51. The Hall–Kier alpha value is -4.59. The molecule has 0 aliphatic rings. The van der Waals surface area contributed by atoms with Gasteiger partial charge in [-0.2, -0.15) is 0 Å². The predicted octanol–water partition coefficient (Wildman–Crippen LogP) is 5.69. The number of carbonyl (C=O) groups excluding carboxylic acids is 2. The number of aryl methyl sites for hydroxylation is 1. The van der Waals surface area contributed by atoms with Gasteiger partial charge in [-0.05, 0) is 67.9 Å². The lowest BCUT2D eigenvalue weighted by Crippen LogP contribution is -2.10. The summed E-state index contributed by atoms with van der Waals surface area (Å²) in [5, 5.41) is 0.261. The van der Waals surface area contributed by atoms with Crippen LogP contribution in [0.15, 0.2) is 75.9 Å². The van der Waals surface area contributed by atoms with Crippen LogP contribution in [0.2, 0.25) is 0 Å². The van der Waals surface area contributed by atoms with E-state index < -0.39 is 11.9 Å². The number of ether oxygens (including phenoxy) is 4. The van der Waals surface area contributed by atoms with Crippen LogP contribution >= 0.6 is 0 Å². The Balaban J connectivity index is 1.54. The zero-order valence-corrected chi connectivity index (χ0v) is 20.0. The van der Waals surface area contributed by atoms with Crippen LogP contribution < -0.4 is 19.6 Å². The Bertz CT molecular complexity index is 1470. The molecule has 0 aliphatic heterocycles. The molecule has 4 rings (SSSR count). The Labute approximate surface area is 207 Å². The molecule has 1 aromatic heterocycles. The third kappa shape index (κ3) is 5.38. The zero-order valence-electron chi connectivity index (χ0n) is 20.0. The molecule has 36 heavy (non-hydrogen) atoms. The van der Waals surface area contributed by atoms with Gasteiger partial charge in [0.05, 0.1) is 30.2 Å². The summed E-state index contributed by atoms with van der Waals surface area (Å²) >= 11 is 0. The molecular formula is C28H24O8. The minimum absolute atomic E-state index is 0.0185. The van der Waals surface area contributed by atoms with E-state index in [0.717, 1.165) is 6.42 Å². The standard InChI is InChI=1S/C28H24O8/c1-4-14-33-27(30)18-8-10-20(11-9-18)35-26-17(2)34-24-16-22(12-13-23(24)25(26)29)36-28(31)19-6-5-7-21(15-19)32-3/h5-13,15-16H,4,14H2,1-3H3. The first kappa shape index (κ1) is 24.5. The summed E-state index contributed by atoms with van der Waals surface area (Å²) < 4.78 is 27.3.